The Kier molecular flexibility index (Phi) is 5.66. The average Bonchev–Trinajstić information content (AvgIpc) is 3.24. The number of anilines is 1. The molecule has 2 unspecified atom stereocenters. The second kappa shape index (κ2) is 8.36. The van der Waals surface area contributed by atoms with E-state index in [0.717, 1.165) is 11.3 Å². The summed E-state index contributed by atoms with van der Waals surface area (Å²) in [5.41, 5.74) is 8.36. The van der Waals surface area contributed by atoms with Gasteiger partial charge in [-0.2, -0.15) is 0 Å². The van der Waals surface area contributed by atoms with Gasteiger partial charge in [-0.15, -0.1) is 0 Å². The molecule has 152 valence electrons. The molecule has 0 saturated carbocycles. The SMILES string of the molecule is O=C(C1CNNC1c1ccc(Cl)cc1)N1CCN(c2ccc([N+](=O)[O-])cc2)CC1. The minimum Gasteiger partial charge on any atom is -0.368 e. The van der Waals surface area contributed by atoms with Crippen molar-refractivity contribution in [3.63, 3.8) is 0 Å². The molecule has 0 aromatic heterocycles. The first kappa shape index (κ1) is 19.6. The molecule has 2 atom stereocenters. The molecule has 2 fully saturated rings. The summed E-state index contributed by atoms with van der Waals surface area (Å²) >= 11 is 5.98. The summed E-state index contributed by atoms with van der Waals surface area (Å²) in [5.74, 6) is -0.0482. The summed E-state index contributed by atoms with van der Waals surface area (Å²) in [7, 11) is 0. The summed E-state index contributed by atoms with van der Waals surface area (Å²) in [6, 6.07) is 14.0. The Morgan fingerprint density at radius 1 is 1.03 bits per heavy atom. The zero-order valence-electron chi connectivity index (χ0n) is 15.8. The number of carbonyl (C=O) groups excluding carboxylic acids is 1. The summed E-state index contributed by atoms with van der Waals surface area (Å²) in [5, 5.41) is 11.5. The van der Waals surface area contributed by atoms with Crippen LogP contribution in [0.4, 0.5) is 11.4 Å². The van der Waals surface area contributed by atoms with Crippen LogP contribution in [-0.4, -0.2) is 48.5 Å². The van der Waals surface area contributed by atoms with Crippen molar-refractivity contribution >= 4 is 28.9 Å². The van der Waals surface area contributed by atoms with E-state index in [1.165, 1.54) is 12.1 Å². The number of hydrogen-bond acceptors (Lipinski definition) is 6. The molecule has 29 heavy (non-hydrogen) atoms. The van der Waals surface area contributed by atoms with E-state index in [4.69, 9.17) is 11.6 Å². The first-order valence-corrected chi connectivity index (χ1v) is 9.93. The maximum atomic E-state index is 13.1. The molecule has 2 saturated heterocycles. The molecule has 0 aliphatic carbocycles. The highest BCUT2D eigenvalue weighted by Gasteiger charge is 2.37. The van der Waals surface area contributed by atoms with E-state index in [0.29, 0.717) is 37.7 Å². The summed E-state index contributed by atoms with van der Waals surface area (Å²) in [6.45, 7) is 3.22. The van der Waals surface area contributed by atoms with E-state index in [1.54, 1.807) is 12.1 Å². The smallest absolute Gasteiger partial charge is 0.269 e. The van der Waals surface area contributed by atoms with E-state index in [1.807, 2.05) is 29.2 Å². The molecule has 2 aromatic rings. The van der Waals surface area contributed by atoms with Crippen LogP contribution in [-0.2, 0) is 4.79 Å². The maximum Gasteiger partial charge on any atom is 0.269 e. The Balaban J connectivity index is 1.38. The molecule has 2 aliphatic rings. The lowest BCUT2D eigenvalue weighted by molar-refractivity contribution is -0.384. The highest BCUT2D eigenvalue weighted by atomic mass is 35.5. The molecule has 0 spiro atoms. The molecule has 2 aliphatic heterocycles. The number of piperazine rings is 1. The van der Waals surface area contributed by atoms with Gasteiger partial charge in [-0.25, -0.2) is 5.43 Å². The number of rotatable bonds is 4. The lowest BCUT2D eigenvalue weighted by Crippen LogP contribution is -2.51. The van der Waals surface area contributed by atoms with Gasteiger partial charge in [0.1, 0.15) is 0 Å². The fourth-order valence-electron chi connectivity index (χ4n) is 3.92. The van der Waals surface area contributed by atoms with Crippen molar-refractivity contribution in [1.29, 1.82) is 0 Å². The fraction of sp³-hybridized carbons (Fsp3) is 0.350. The monoisotopic (exact) mass is 415 g/mol. The molecule has 4 rings (SSSR count). The van der Waals surface area contributed by atoms with Gasteiger partial charge < -0.3 is 9.80 Å². The van der Waals surface area contributed by atoms with Crippen LogP contribution in [0.3, 0.4) is 0 Å². The summed E-state index contributed by atoms with van der Waals surface area (Å²) in [6.07, 6.45) is 0. The van der Waals surface area contributed by atoms with Gasteiger partial charge in [0.05, 0.1) is 16.9 Å². The maximum absolute atomic E-state index is 13.1. The van der Waals surface area contributed by atoms with Gasteiger partial charge in [0.25, 0.3) is 5.69 Å². The van der Waals surface area contributed by atoms with Crippen LogP contribution < -0.4 is 15.8 Å². The molecule has 0 bridgehead atoms. The van der Waals surface area contributed by atoms with Gasteiger partial charge >= 0.3 is 0 Å². The Morgan fingerprint density at radius 2 is 1.69 bits per heavy atom. The molecular formula is C20H22ClN5O3. The number of benzene rings is 2. The Bertz CT molecular complexity index is 882. The van der Waals surface area contributed by atoms with Crippen molar-refractivity contribution in [3.05, 3.63) is 69.2 Å². The highest BCUT2D eigenvalue weighted by Crippen LogP contribution is 2.28. The molecule has 2 aromatic carbocycles. The Hall–Kier alpha value is -2.68. The van der Waals surface area contributed by atoms with E-state index in [-0.39, 0.29) is 23.6 Å². The third-order valence-electron chi connectivity index (χ3n) is 5.55. The molecule has 1 amide bonds. The number of nitrogens with one attached hydrogen (secondary N) is 2. The first-order valence-electron chi connectivity index (χ1n) is 9.55. The minimum absolute atomic E-state index is 0.0806. The lowest BCUT2D eigenvalue weighted by atomic mass is 9.93. The van der Waals surface area contributed by atoms with E-state index in [9.17, 15) is 14.9 Å². The van der Waals surface area contributed by atoms with Crippen molar-refractivity contribution in [3.8, 4) is 0 Å². The number of halogens is 1. The summed E-state index contributed by atoms with van der Waals surface area (Å²) in [4.78, 5) is 27.6. The van der Waals surface area contributed by atoms with E-state index >= 15 is 0 Å². The number of hydrazine groups is 1. The number of nitrogens with zero attached hydrogens (tertiary/aromatic N) is 3. The number of nitro groups is 1. The van der Waals surface area contributed by atoms with Crippen LogP contribution >= 0.6 is 11.6 Å². The quantitative estimate of drug-likeness (QED) is 0.588. The third kappa shape index (κ3) is 4.19. The van der Waals surface area contributed by atoms with Gasteiger partial charge in [-0.1, -0.05) is 23.7 Å². The molecule has 8 nitrogen and oxygen atoms in total. The Morgan fingerprint density at radius 3 is 2.31 bits per heavy atom. The van der Waals surface area contributed by atoms with Crippen molar-refractivity contribution in [2.75, 3.05) is 37.6 Å². The molecule has 2 heterocycles. The van der Waals surface area contributed by atoms with Crippen LogP contribution in [0, 0.1) is 16.0 Å². The zero-order valence-corrected chi connectivity index (χ0v) is 16.5. The molecule has 9 heteroatoms. The van der Waals surface area contributed by atoms with E-state index < -0.39 is 4.92 Å². The van der Waals surface area contributed by atoms with Crippen LogP contribution in [0.5, 0.6) is 0 Å². The van der Waals surface area contributed by atoms with Gasteiger partial charge in [0.15, 0.2) is 0 Å². The largest absolute Gasteiger partial charge is 0.368 e. The number of hydrogen-bond donors (Lipinski definition) is 2. The van der Waals surface area contributed by atoms with Crippen molar-refractivity contribution in [2.24, 2.45) is 5.92 Å². The second-order valence-electron chi connectivity index (χ2n) is 7.25. The molecule has 2 N–H and O–H groups in total. The third-order valence-corrected chi connectivity index (χ3v) is 5.80. The average molecular weight is 416 g/mol. The van der Waals surface area contributed by atoms with Crippen LogP contribution in [0.25, 0.3) is 0 Å². The van der Waals surface area contributed by atoms with Crippen molar-refractivity contribution in [2.45, 2.75) is 6.04 Å². The van der Waals surface area contributed by atoms with Crippen molar-refractivity contribution in [1.82, 2.24) is 15.8 Å². The topological polar surface area (TPSA) is 90.8 Å². The van der Waals surface area contributed by atoms with Crippen LogP contribution in [0.15, 0.2) is 48.5 Å². The second-order valence-corrected chi connectivity index (χ2v) is 7.68. The van der Waals surface area contributed by atoms with Gasteiger partial charge in [-0.05, 0) is 29.8 Å². The number of carbonyl (C=O) groups is 1. The fourth-order valence-corrected chi connectivity index (χ4v) is 4.04. The van der Waals surface area contributed by atoms with Gasteiger partial charge in [0, 0.05) is 55.6 Å². The number of non-ortho nitro benzene ring substituents is 1. The van der Waals surface area contributed by atoms with Crippen molar-refractivity contribution < 1.29 is 9.72 Å². The number of amides is 1. The Labute approximate surface area is 173 Å². The van der Waals surface area contributed by atoms with Crippen LogP contribution in [0.1, 0.15) is 11.6 Å². The zero-order chi connectivity index (χ0) is 20.4. The predicted octanol–water partition coefficient (Wildman–Crippen LogP) is 2.36. The van der Waals surface area contributed by atoms with Gasteiger partial charge in [-0.3, -0.25) is 20.3 Å². The predicted molar refractivity (Wildman–Crippen MR) is 111 cm³/mol. The van der Waals surface area contributed by atoms with E-state index in [2.05, 4.69) is 15.8 Å². The molecule has 0 radical (unpaired) electrons. The number of nitro benzene ring substituents is 1. The summed E-state index contributed by atoms with van der Waals surface area (Å²) < 4.78 is 0. The molecular weight excluding hydrogens is 394 g/mol. The normalized spacial score (nSPS) is 22.0. The standard InChI is InChI=1S/C20H22ClN5O3/c21-15-3-1-14(2-4-15)19-18(13-22-23-19)20(27)25-11-9-24(10-12-25)16-5-7-17(8-6-16)26(28)29/h1-8,18-19,22-23H,9-13H2. The first-order chi connectivity index (χ1) is 14.0. The van der Waals surface area contributed by atoms with Crippen LogP contribution in [0.2, 0.25) is 5.02 Å². The highest BCUT2D eigenvalue weighted by molar-refractivity contribution is 6.30. The van der Waals surface area contributed by atoms with Gasteiger partial charge in [0.2, 0.25) is 5.91 Å². The minimum atomic E-state index is -0.402. The lowest BCUT2D eigenvalue weighted by Gasteiger charge is -2.37.